The zero-order valence-corrected chi connectivity index (χ0v) is 9.48. The fourth-order valence-electron chi connectivity index (χ4n) is 1.83. The van der Waals surface area contributed by atoms with Crippen molar-refractivity contribution in [3.05, 3.63) is 0 Å². The Morgan fingerprint density at radius 3 is 3.00 bits per heavy atom. The zero-order chi connectivity index (χ0) is 12.1. The van der Waals surface area contributed by atoms with E-state index in [9.17, 15) is 9.59 Å². The highest BCUT2D eigenvalue weighted by Gasteiger charge is 2.31. The quantitative estimate of drug-likeness (QED) is 0.543. The Labute approximate surface area is 94.8 Å². The van der Waals surface area contributed by atoms with Crippen molar-refractivity contribution in [3.63, 3.8) is 0 Å². The summed E-state index contributed by atoms with van der Waals surface area (Å²) in [5, 5.41) is 11.5. The topological polar surface area (TPSA) is 95.7 Å². The van der Waals surface area contributed by atoms with E-state index in [-0.39, 0.29) is 24.8 Å². The molecule has 0 aromatic carbocycles. The van der Waals surface area contributed by atoms with E-state index in [0.717, 1.165) is 0 Å². The second-order valence-electron chi connectivity index (χ2n) is 3.95. The molecule has 1 saturated heterocycles. The summed E-state index contributed by atoms with van der Waals surface area (Å²) in [7, 11) is 0. The predicted octanol–water partition coefficient (Wildman–Crippen LogP) is -1.57. The summed E-state index contributed by atoms with van der Waals surface area (Å²) in [6, 6.07) is -0.942. The molecule has 0 aromatic heterocycles. The lowest BCUT2D eigenvalue weighted by Gasteiger charge is -2.35. The maximum Gasteiger partial charge on any atom is 0.242 e. The Morgan fingerprint density at radius 2 is 2.44 bits per heavy atom. The van der Waals surface area contributed by atoms with Crippen LogP contribution in [0.2, 0.25) is 0 Å². The normalized spacial score (nSPS) is 22.8. The fraction of sp³-hybridized carbons (Fsp3) is 0.800. The molecule has 1 rings (SSSR count). The molecule has 1 fully saturated rings. The standard InChI is InChI=1S/C10H19N3O3/c1-2-8-10(16)12-3-4-13(8)9(15)5-7(11)6-14/h7-8,14H,2-6,11H2,1H3,(H,12,16)/t7-,8?/m0/s1. The van der Waals surface area contributed by atoms with E-state index >= 15 is 0 Å². The third-order valence-electron chi connectivity index (χ3n) is 2.71. The number of piperazine rings is 1. The SMILES string of the molecule is CCC1C(=O)NCCN1C(=O)C[C@H](N)CO. The Hall–Kier alpha value is -1.14. The zero-order valence-electron chi connectivity index (χ0n) is 9.48. The summed E-state index contributed by atoms with van der Waals surface area (Å²) >= 11 is 0. The number of nitrogens with zero attached hydrogens (tertiary/aromatic N) is 1. The van der Waals surface area contributed by atoms with Gasteiger partial charge in [-0.25, -0.2) is 0 Å². The third-order valence-corrected chi connectivity index (χ3v) is 2.71. The first-order valence-corrected chi connectivity index (χ1v) is 5.53. The molecule has 0 aromatic rings. The molecule has 0 spiro atoms. The molecule has 92 valence electrons. The molecule has 16 heavy (non-hydrogen) atoms. The largest absolute Gasteiger partial charge is 0.395 e. The molecular formula is C10H19N3O3. The average molecular weight is 229 g/mol. The molecule has 0 bridgehead atoms. The summed E-state index contributed by atoms with van der Waals surface area (Å²) < 4.78 is 0. The van der Waals surface area contributed by atoms with Gasteiger partial charge in [0.05, 0.1) is 6.61 Å². The molecule has 0 radical (unpaired) electrons. The van der Waals surface area contributed by atoms with E-state index in [0.29, 0.717) is 19.5 Å². The summed E-state index contributed by atoms with van der Waals surface area (Å²) in [6.07, 6.45) is 0.673. The van der Waals surface area contributed by atoms with Crippen LogP contribution < -0.4 is 11.1 Å². The van der Waals surface area contributed by atoms with E-state index in [1.54, 1.807) is 4.90 Å². The van der Waals surface area contributed by atoms with Crippen LogP contribution in [0, 0.1) is 0 Å². The number of aliphatic hydroxyl groups excluding tert-OH is 1. The number of hydrogen-bond acceptors (Lipinski definition) is 4. The van der Waals surface area contributed by atoms with Crippen molar-refractivity contribution in [3.8, 4) is 0 Å². The van der Waals surface area contributed by atoms with Crippen LogP contribution in [0.15, 0.2) is 0 Å². The van der Waals surface area contributed by atoms with Crippen LogP contribution in [0.5, 0.6) is 0 Å². The third kappa shape index (κ3) is 2.93. The first-order chi connectivity index (χ1) is 7.60. The second-order valence-corrected chi connectivity index (χ2v) is 3.95. The van der Waals surface area contributed by atoms with E-state index in [1.807, 2.05) is 6.92 Å². The number of hydrogen-bond donors (Lipinski definition) is 3. The number of aliphatic hydroxyl groups is 1. The molecule has 6 nitrogen and oxygen atoms in total. The van der Waals surface area contributed by atoms with Gasteiger partial charge in [0.15, 0.2) is 0 Å². The van der Waals surface area contributed by atoms with E-state index in [2.05, 4.69) is 5.32 Å². The number of nitrogens with one attached hydrogen (secondary N) is 1. The summed E-state index contributed by atoms with van der Waals surface area (Å²) in [6.45, 7) is 2.64. The summed E-state index contributed by atoms with van der Waals surface area (Å²) in [5.74, 6) is -0.275. The molecule has 4 N–H and O–H groups in total. The average Bonchev–Trinajstić information content (AvgIpc) is 2.28. The van der Waals surface area contributed by atoms with Crippen molar-refractivity contribution in [2.45, 2.75) is 31.8 Å². The van der Waals surface area contributed by atoms with Crippen molar-refractivity contribution >= 4 is 11.8 Å². The summed E-state index contributed by atoms with van der Waals surface area (Å²) in [5.41, 5.74) is 5.50. The Bertz CT molecular complexity index is 270. The highest BCUT2D eigenvalue weighted by molar-refractivity contribution is 5.88. The minimum absolute atomic E-state index is 0.0836. The van der Waals surface area contributed by atoms with Crippen LogP contribution in [-0.2, 0) is 9.59 Å². The van der Waals surface area contributed by atoms with Gasteiger partial charge in [-0.1, -0.05) is 6.92 Å². The van der Waals surface area contributed by atoms with Gasteiger partial charge < -0.3 is 21.1 Å². The molecule has 1 unspecified atom stereocenters. The van der Waals surface area contributed by atoms with Gasteiger partial charge in [0, 0.05) is 25.6 Å². The molecule has 1 aliphatic heterocycles. The van der Waals surface area contributed by atoms with Crippen LogP contribution in [-0.4, -0.2) is 53.6 Å². The van der Waals surface area contributed by atoms with Crippen LogP contribution in [0.3, 0.4) is 0 Å². The molecular weight excluding hydrogens is 210 g/mol. The molecule has 0 saturated carbocycles. The minimum Gasteiger partial charge on any atom is -0.395 e. The van der Waals surface area contributed by atoms with Crippen LogP contribution >= 0.6 is 0 Å². The first-order valence-electron chi connectivity index (χ1n) is 5.53. The Morgan fingerprint density at radius 1 is 1.75 bits per heavy atom. The van der Waals surface area contributed by atoms with E-state index in [4.69, 9.17) is 10.8 Å². The maximum absolute atomic E-state index is 11.8. The predicted molar refractivity (Wildman–Crippen MR) is 58.5 cm³/mol. The highest BCUT2D eigenvalue weighted by Crippen LogP contribution is 2.10. The maximum atomic E-state index is 11.8. The van der Waals surface area contributed by atoms with Crippen LogP contribution in [0.4, 0.5) is 0 Å². The Kier molecular flexibility index (Phi) is 4.70. The number of carbonyl (C=O) groups excluding carboxylic acids is 2. The smallest absolute Gasteiger partial charge is 0.242 e. The Balaban J connectivity index is 2.62. The van der Waals surface area contributed by atoms with Gasteiger partial charge in [-0.2, -0.15) is 0 Å². The highest BCUT2D eigenvalue weighted by atomic mass is 16.3. The van der Waals surface area contributed by atoms with Gasteiger partial charge in [-0.15, -0.1) is 0 Å². The number of amides is 2. The molecule has 1 heterocycles. The van der Waals surface area contributed by atoms with Crippen molar-refractivity contribution in [1.82, 2.24) is 10.2 Å². The molecule has 2 atom stereocenters. The van der Waals surface area contributed by atoms with Gasteiger partial charge in [-0.05, 0) is 6.42 Å². The monoisotopic (exact) mass is 229 g/mol. The van der Waals surface area contributed by atoms with Crippen LogP contribution in [0.1, 0.15) is 19.8 Å². The van der Waals surface area contributed by atoms with Crippen molar-refractivity contribution in [1.29, 1.82) is 0 Å². The number of nitrogens with two attached hydrogens (primary N) is 1. The van der Waals surface area contributed by atoms with Gasteiger partial charge in [-0.3, -0.25) is 9.59 Å². The summed E-state index contributed by atoms with van der Waals surface area (Å²) in [4.78, 5) is 24.9. The van der Waals surface area contributed by atoms with Gasteiger partial charge in [0.1, 0.15) is 6.04 Å². The van der Waals surface area contributed by atoms with Gasteiger partial charge in [0.25, 0.3) is 0 Å². The fourth-order valence-corrected chi connectivity index (χ4v) is 1.83. The lowest BCUT2D eigenvalue weighted by Crippen LogP contribution is -2.57. The van der Waals surface area contributed by atoms with E-state index in [1.165, 1.54) is 0 Å². The number of rotatable bonds is 4. The lowest BCUT2D eigenvalue weighted by molar-refractivity contribution is -0.143. The van der Waals surface area contributed by atoms with Crippen molar-refractivity contribution in [2.24, 2.45) is 5.73 Å². The molecule has 2 amide bonds. The first kappa shape index (κ1) is 12.9. The lowest BCUT2D eigenvalue weighted by atomic mass is 10.1. The second kappa shape index (κ2) is 5.81. The van der Waals surface area contributed by atoms with E-state index < -0.39 is 12.1 Å². The minimum atomic E-state index is -0.546. The van der Waals surface area contributed by atoms with Crippen molar-refractivity contribution < 1.29 is 14.7 Å². The number of carbonyl (C=O) groups is 2. The van der Waals surface area contributed by atoms with Crippen LogP contribution in [0.25, 0.3) is 0 Å². The molecule has 0 aliphatic carbocycles. The molecule has 1 aliphatic rings. The van der Waals surface area contributed by atoms with Gasteiger partial charge >= 0.3 is 0 Å². The van der Waals surface area contributed by atoms with Crippen molar-refractivity contribution in [2.75, 3.05) is 19.7 Å². The molecule has 6 heteroatoms. The van der Waals surface area contributed by atoms with Gasteiger partial charge in [0.2, 0.25) is 11.8 Å².